The van der Waals surface area contributed by atoms with E-state index in [1.165, 1.54) is 12.8 Å². The molecule has 5 nitrogen and oxygen atoms in total. The third-order valence-electron chi connectivity index (χ3n) is 3.87. The Morgan fingerprint density at radius 3 is 2.52 bits per heavy atom. The summed E-state index contributed by atoms with van der Waals surface area (Å²) in [6, 6.07) is 2.00. The lowest BCUT2D eigenvalue weighted by Gasteiger charge is -2.13. The lowest BCUT2D eigenvalue weighted by atomic mass is 10.2. The van der Waals surface area contributed by atoms with Crippen molar-refractivity contribution in [1.82, 2.24) is 14.6 Å². The summed E-state index contributed by atoms with van der Waals surface area (Å²) in [6.07, 6.45) is 5.15. The first-order valence-electron chi connectivity index (χ1n) is 7.71. The van der Waals surface area contributed by atoms with Crippen molar-refractivity contribution in [3.05, 3.63) is 18.0 Å². The molecule has 120 valence electrons. The molecular weight excluding hydrogens is 286 g/mol. The first-order valence-corrected chi connectivity index (χ1v) is 9.19. The Balaban J connectivity index is 2.16. The molecule has 0 saturated heterocycles. The van der Waals surface area contributed by atoms with Gasteiger partial charge in [-0.05, 0) is 46.2 Å². The number of rotatable bonds is 8. The molecule has 1 unspecified atom stereocenters. The monoisotopic (exact) mass is 313 g/mol. The van der Waals surface area contributed by atoms with Crippen LogP contribution in [0.25, 0.3) is 0 Å². The molecule has 1 heterocycles. The number of hydrogen-bond donors (Lipinski definition) is 2. The van der Waals surface area contributed by atoms with Crippen LogP contribution in [-0.4, -0.2) is 26.1 Å². The van der Waals surface area contributed by atoms with Crippen molar-refractivity contribution in [1.29, 1.82) is 0 Å². The van der Waals surface area contributed by atoms with Crippen LogP contribution in [0.15, 0.2) is 17.2 Å². The first-order chi connectivity index (χ1) is 9.83. The topological polar surface area (TPSA) is 63.1 Å². The molecule has 0 bridgehead atoms. The molecule has 0 aliphatic heterocycles. The van der Waals surface area contributed by atoms with Crippen molar-refractivity contribution in [3.8, 4) is 0 Å². The van der Waals surface area contributed by atoms with Gasteiger partial charge in [-0.15, -0.1) is 0 Å². The van der Waals surface area contributed by atoms with E-state index in [2.05, 4.69) is 23.9 Å². The minimum Gasteiger partial charge on any atom is -0.346 e. The van der Waals surface area contributed by atoms with Gasteiger partial charge in [-0.2, -0.15) is 0 Å². The van der Waals surface area contributed by atoms with E-state index >= 15 is 0 Å². The van der Waals surface area contributed by atoms with Crippen LogP contribution in [0.5, 0.6) is 0 Å². The van der Waals surface area contributed by atoms with Crippen LogP contribution in [0.2, 0.25) is 0 Å². The molecule has 0 amide bonds. The van der Waals surface area contributed by atoms with Crippen LogP contribution in [-0.2, 0) is 16.6 Å². The second-order valence-electron chi connectivity index (χ2n) is 6.40. The van der Waals surface area contributed by atoms with Crippen LogP contribution in [0.4, 0.5) is 0 Å². The predicted octanol–water partition coefficient (Wildman–Crippen LogP) is 2.26. The fourth-order valence-corrected chi connectivity index (χ4v) is 3.99. The third kappa shape index (κ3) is 4.31. The van der Waals surface area contributed by atoms with Crippen LogP contribution in [0.3, 0.4) is 0 Å². The highest BCUT2D eigenvalue weighted by Gasteiger charge is 2.27. The van der Waals surface area contributed by atoms with Crippen LogP contribution >= 0.6 is 0 Å². The Bertz CT molecular complexity index is 574. The van der Waals surface area contributed by atoms with Gasteiger partial charge in [0.05, 0.1) is 4.90 Å². The van der Waals surface area contributed by atoms with Gasteiger partial charge in [0.2, 0.25) is 10.0 Å². The molecule has 0 aromatic carbocycles. The number of nitrogens with zero attached hydrogens (tertiary/aromatic N) is 1. The van der Waals surface area contributed by atoms with Gasteiger partial charge >= 0.3 is 0 Å². The van der Waals surface area contributed by atoms with E-state index in [9.17, 15) is 8.42 Å². The van der Waals surface area contributed by atoms with Crippen molar-refractivity contribution >= 4 is 10.0 Å². The Labute approximate surface area is 128 Å². The van der Waals surface area contributed by atoms with Crippen molar-refractivity contribution in [2.45, 2.75) is 63.6 Å². The molecule has 1 aromatic heterocycles. The summed E-state index contributed by atoms with van der Waals surface area (Å²) < 4.78 is 29.8. The molecule has 1 atom stereocenters. The van der Waals surface area contributed by atoms with Crippen LogP contribution in [0.1, 0.15) is 51.8 Å². The molecule has 6 heteroatoms. The molecule has 1 aliphatic carbocycles. The molecule has 2 N–H and O–H groups in total. The molecule has 1 aliphatic rings. The minimum atomic E-state index is -3.43. The summed E-state index contributed by atoms with van der Waals surface area (Å²) in [4.78, 5) is 0.365. The quantitative estimate of drug-likeness (QED) is 0.774. The zero-order valence-corrected chi connectivity index (χ0v) is 14.2. The fraction of sp³-hybridized carbons (Fsp3) is 0.733. The van der Waals surface area contributed by atoms with Crippen molar-refractivity contribution in [2.75, 3.05) is 7.05 Å². The van der Waals surface area contributed by atoms with E-state index < -0.39 is 10.0 Å². The predicted molar refractivity (Wildman–Crippen MR) is 84.7 cm³/mol. The highest BCUT2D eigenvalue weighted by atomic mass is 32.2. The highest BCUT2D eigenvalue weighted by Crippen LogP contribution is 2.33. The number of nitrogens with one attached hydrogen (secondary N) is 2. The summed E-state index contributed by atoms with van der Waals surface area (Å²) in [7, 11) is -1.57. The van der Waals surface area contributed by atoms with E-state index in [0.717, 1.165) is 12.1 Å². The Kier molecular flexibility index (Phi) is 5.11. The zero-order valence-electron chi connectivity index (χ0n) is 13.4. The van der Waals surface area contributed by atoms with Gasteiger partial charge in [-0.3, -0.25) is 0 Å². The molecule has 1 fully saturated rings. The largest absolute Gasteiger partial charge is 0.346 e. The molecular formula is C15H27N3O2S. The van der Waals surface area contributed by atoms with E-state index in [0.29, 0.717) is 17.4 Å². The summed E-state index contributed by atoms with van der Waals surface area (Å²) in [5.41, 5.74) is 0.989. The van der Waals surface area contributed by atoms with Crippen molar-refractivity contribution < 1.29 is 8.42 Å². The maximum absolute atomic E-state index is 12.5. The lowest BCUT2D eigenvalue weighted by molar-refractivity contribution is 0.529. The fourth-order valence-electron chi connectivity index (χ4n) is 2.68. The normalized spacial score (nSPS) is 17.4. The van der Waals surface area contributed by atoms with E-state index in [1.807, 2.05) is 18.5 Å². The number of hydrogen-bond acceptors (Lipinski definition) is 3. The Hall–Kier alpha value is -0.850. The van der Waals surface area contributed by atoms with Crippen molar-refractivity contribution in [2.24, 2.45) is 5.92 Å². The molecule has 2 rings (SSSR count). The average Bonchev–Trinajstić information content (AvgIpc) is 3.05. The zero-order chi connectivity index (χ0) is 15.6. The second-order valence-corrected chi connectivity index (χ2v) is 8.11. The van der Waals surface area contributed by atoms with Gasteiger partial charge in [-0.25, -0.2) is 13.1 Å². The summed E-state index contributed by atoms with van der Waals surface area (Å²) in [5.74, 6) is 0.711. The molecule has 0 spiro atoms. The van der Waals surface area contributed by atoms with Gasteiger partial charge in [0.15, 0.2) is 0 Å². The number of aromatic nitrogens is 1. The van der Waals surface area contributed by atoms with Gasteiger partial charge < -0.3 is 9.88 Å². The average molecular weight is 313 g/mol. The molecule has 21 heavy (non-hydrogen) atoms. The molecule has 1 saturated carbocycles. The van der Waals surface area contributed by atoms with Crippen LogP contribution in [0, 0.1) is 5.92 Å². The van der Waals surface area contributed by atoms with Gasteiger partial charge in [0.25, 0.3) is 0 Å². The maximum Gasteiger partial charge on any atom is 0.242 e. The van der Waals surface area contributed by atoms with Crippen molar-refractivity contribution in [3.63, 3.8) is 0 Å². The van der Waals surface area contributed by atoms with Gasteiger partial charge in [0, 0.05) is 30.5 Å². The second kappa shape index (κ2) is 6.50. The maximum atomic E-state index is 12.5. The minimum absolute atomic E-state index is 0.00218. The smallest absolute Gasteiger partial charge is 0.242 e. The first kappa shape index (κ1) is 16.5. The SMILES string of the molecule is CNCc1cc(S(=O)(=O)NC(C)CC2CC2)cn1C(C)C. The Morgan fingerprint density at radius 1 is 1.33 bits per heavy atom. The van der Waals surface area contributed by atoms with Gasteiger partial charge in [0.1, 0.15) is 0 Å². The summed E-state index contributed by atoms with van der Waals surface area (Å²) in [6.45, 7) is 6.71. The van der Waals surface area contributed by atoms with E-state index in [1.54, 1.807) is 12.3 Å². The molecule has 0 radical (unpaired) electrons. The molecule has 1 aromatic rings. The van der Waals surface area contributed by atoms with Gasteiger partial charge in [-0.1, -0.05) is 12.8 Å². The van der Waals surface area contributed by atoms with E-state index in [4.69, 9.17) is 0 Å². The Morgan fingerprint density at radius 2 is 2.00 bits per heavy atom. The third-order valence-corrected chi connectivity index (χ3v) is 5.43. The summed E-state index contributed by atoms with van der Waals surface area (Å²) in [5, 5.41) is 3.08. The standard InChI is InChI=1S/C15H27N3O2S/c1-11(2)18-10-15(8-14(18)9-16-4)21(19,20)17-12(3)7-13-5-6-13/h8,10-13,16-17H,5-7,9H2,1-4H3. The number of sulfonamides is 1. The van der Waals surface area contributed by atoms with Crippen LogP contribution < -0.4 is 10.0 Å². The lowest BCUT2D eigenvalue weighted by Crippen LogP contribution is -2.32. The van der Waals surface area contributed by atoms with E-state index in [-0.39, 0.29) is 12.1 Å². The summed E-state index contributed by atoms with van der Waals surface area (Å²) >= 11 is 0. The highest BCUT2D eigenvalue weighted by molar-refractivity contribution is 7.89.